The third-order valence-electron chi connectivity index (χ3n) is 4.24. The van der Waals surface area contributed by atoms with Gasteiger partial charge in [-0.25, -0.2) is 9.97 Å². The third kappa shape index (κ3) is 3.19. The minimum Gasteiger partial charge on any atom is -0.388 e. The SMILES string of the molecule is C=P(C)(C)CC[C@H]1O[C@@H](n2cnc3c(C)nc(N)nc32)[C@H](O)[C@@H]1O. The molecule has 3 heterocycles. The topological polar surface area (TPSA) is 119 Å². The highest BCUT2D eigenvalue weighted by Gasteiger charge is 2.44. The zero-order valence-electron chi connectivity index (χ0n) is 14.1. The van der Waals surface area contributed by atoms with Crippen molar-refractivity contribution in [3.8, 4) is 0 Å². The van der Waals surface area contributed by atoms with Gasteiger partial charge in [0.1, 0.15) is 17.7 Å². The molecule has 1 saturated heterocycles. The minimum absolute atomic E-state index is 0.134. The Hall–Kier alpha value is -1.47. The molecule has 2 aromatic heterocycles. The number of aromatic nitrogens is 4. The molecule has 0 aliphatic carbocycles. The van der Waals surface area contributed by atoms with Gasteiger partial charge in [0.25, 0.3) is 0 Å². The number of nitrogens with zero attached hydrogens (tertiary/aromatic N) is 4. The molecular formula is C15H24N5O3P. The molecule has 4 atom stereocenters. The van der Waals surface area contributed by atoms with Gasteiger partial charge in [-0.2, -0.15) is 4.98 Å². The van der Waals surface area contributed by atoms with E-state index in [1.54, 1.807) is 11.5 Å². The number of hydrogen-bond acceptors (Lipinski definition) is 7. The molecule has 0 saturated carbocycles. The molecule has 0 bridgehead atoms. The van der Waals surface area contributed by atoms with Gasteiger partial charge in [0, 0.05) is 0 Å². The number of ether oxygens (including phenoxy) is 1. The predicted molar refractivity (Wildman–Crippen MR) is 95.8 cm³/mol. The number of aliphatic hydroxyl groups excluding tert-OH is 2. The molecule has 2 aromatic rings. The monoisotopic (exact) mass is 353 g/mol. The van der Waals surface area contributed by atoms with E-state index >= 15 is 0 Å². The third-order valence-corrected chi connectivity index (χ3v) is 5.71. The van der Waals surface area contributed by atoms with E-state index in [-0.39, 0.29) is 5.95 Å². The van der Waals surface area contributed by atoms with E-state index in [2.05, 4.69) is 34.6 Å². The molecule has 3 rings (SSSR count). The van der Waals surface area contributed by atoms with Crippen LogP contribution in [0.5, 0.6) is 0 Å². The first-order valence-corrected chi connectivity index (χ1v) is 10.9. The van der Waals surface area contributed by atoms with E-state index in [1.807, 2.05) is 0 Å². The number of aryl methyl sites for hydroxylation is 1. The normalized spacial score (nSPS) is 27.9. The van der Waals surface area contributed by atoms with Crippen molar-refractivity contribution < 1.29 is 14.9 Å². The first-order chi connectivity index (χ1) is 11.2. The van der Waals surface area contributed by atoms with Crippen molar-refractivity contribution in [3.05, 3.63) is 12.0 Å². The number of hydrogen-bond donors (Lipinski definition) is 3. The number of anilines is 1. The van der Waals surface area contributed by atoms with Crippen molar-refractivity contribution in [2.75, 3.05) is 25.2 Å². The Labute approximate surface area is 140 Å². The van der Waals surface area contributed by atoms with Crippen LogP contribution in [0.3, 0.4) is 0 Å². The second-order valence-corrected chi connectivity index (χ2v) is 11.3. The van der Waals surface area contributed by atoms with Gasteiger partial charge >= 0.3 is 0 Å². The molecule has 0 unspecified atom stereocenters. The van der Waals surface area contributed by atoms with Crippen LogP contribution in [0.1, 0.15) is 18.3 Å². The molecule has 132 valence electrons. The fraction of sp³-hybridized carbons (Fsp3) is 0.600. The summed E-state index contributed by atoms with van der Waals surface area (Å²) in [7, 11) is 0. The number of imidazole rings is 1. The minimum atomic E-state index is -1.23. The molecule has 0 amide bonds. The molecule has 8 nitrogen and oxygen atoms in total. The molecule has 4 N–H and O–H groups in total. The number of fused-ring (bicyclic) bond motifs is 1. The molecule has 1 aliphatic rings. The lowest BCUT2D eigenvalue weighted by Crippen LogP contribution is -2.31. The van der Waals surface area contributed by atoms with Crippen LogP contribution < -0.4 is 5.73 Å². The number of rotatable bonds is 4. The van der Waals surface area contributed by atoms with Gasteiger partial charge in [0.05, 0.1) is 18.1 Å². The zero-order chi connectivity index (χ0) is 17.6. The van der Waals surface area contributed by atoms with Gasteiger partial charge in [-0.1, -0.05) is 0 Å². The van der Waals surface area contributed by atoms with Gasteiger partial charge in [-0.3, -0.25) is 4.57 Å². The van der Waals surface area contributed by atoms with Crippen molar-refractivity contribution in [2.45, 2.75) is 37.9 Å². The Bertz CT molecular complexity index is 802. The average molecular weight is 353 g/mol. The van der Waals surface area contributed by atoms with Crippen molar-refractivity contribution in [2.24, 2.45) is 0 Å². The average Bonchev–Trinajstić information content (AvgIpc) is 3.00. The van der Waals surface area contributed by atoms with Crippen LogP contribution >= 0.6 is 6.89 Å². The summed E-state index contributed by atoms with van der Waals surface area (Å²) >= 11 is 0. The van der Waals surface area contributed by atoms with E-state index in [0.29, 0.717) is 23.3 Å². The fourth-order valence-electron chi connectivity index (χ4n) is 2.94. The molecule has 24 heavy (non-hydrogen) atoms. The summed E-state index contributed by atoms with van der Waals surface area (Å²) in [5.74, 6) is 0.134. The van der Waals surface area contributed by atoms with Crippen LogP contribution in [0.15, 0.2) is 6.33 Å². The Morgan fingerprint density at radius 2 is 2.04 bits per heavy atom. The smallest absolute Gasteiger partial charge is 0.222 e. The quantitative estimate of drug-likeness (QED) is 0.682. The van der Waals surface area contributed by atoms with Crippen LogP contribution in [0.4, 0.5) is 5.95 Å². The standard InChI is InChI=1S/C15H24N5O3P/c1-8-10-13(19-15(16)18-8)20(7-17-10)14-12(22)11(21)9(23-14)5-6-24(2,3)4/h7,9,11-12,14,21-22H,2,5-6H2,1,3-4H3,(H2,16,18,19)/t9-,11-,12-,14-/m1/s1. The van der Waals surface area contributed by atoms with Gasteiger partial charge in [0.15, 0.2) is 11.9 Å². The van der Waals surface area contributed by atoms with E-state index < -0.39 is 31.4 Å². The zero-order valence-corrected chi connectivity index (χ0v) is 15.0. The Morgan fingerprint density at radius 1 is 1.33 bits per heavy atom. The molecule has 0 aromatic carbocycles. The summed E-state index contributed by atoms with van der Waals surface area (Å²) in [6.45, 7) is 4.83. The Kier molecular flexibility index (Phi) is 4.42. The summed E-state index contributed by atoms with van der Waals surface area (Å²) < 4.78 is 7.54. The van der Waals surface area contributed by atoms with Crippen LogP contribution in [0, 0.1) is 6.92 Å². The second-order valence-electron chi connectivity index (χ2n) is 6.99. The van der Waals surface area contributed by atoms with Crippen LogP contribution in [-0.4, -0.2) is 73.8 Å². The van der Waals surface area contributed by atoms with Gasteiger partial charge in [0.2, 0.25) is 5.95 Å². The number of nitrogen functional groups attached to an aromatic ring is 1. The maximum atomic E-state index is 10.4. The van der Waals surface area contributed by atoms with E-state index in [4.69, 9.17) is 10.5 Å². The van der Waals surface area contributed by atoms with Crippen molar-refractivity contribution >= 4 is 30.3 Å². The summed E-state index contributed by atoms with van der Waals surface area (Å²) in [6, 6.07) is 0. The van der Waals surface area contributed by atoms with E-state index in [1.165, 1.54) is 6.33 Å². The highest BCUT2D eigenvalue weighted by molar-refractivity contribution is 7.72. The van der Waals surface area contributed by atoms with E-state index in [0.717, 1.165) is 6.16 Å². The van der Waals surface area contributed by atoms with Crippen molar-refractivity contribution in [1.29, 1.82) is 0 Å². The molecule has 0 radical (unpaired) electrons. The fourth-order valence-corrected chi connectivity index (χ4v) is 3.89. The first kappa shape index (κ1) is 17.4. The summed E-state index contributed by atoms with van der Waals surface area (Å²) in [4.78, 5) is 12.6. The number of nitrogens with two attached hydrogens (primary N) is 1. The highest BCUT2D eigenvalue weighted by Crippen LogP contribution is 2.39. The van der Waals surface area contributed by atoms with Gasteiger partial charge in [-0.15, -0.1) is 13.2 Å². The Morgan fingerprint density at radius 3 is 2.71 bits per heavy atom. The molecular weight excluding hydrogens is 329 g/mol. The molecule has 1 aliphatic heterocycles. The molecule has 9 heteroatoms. The summed E-state index contributed by atoms with van der Waals surface area (Å²) in [5.41, 5.74) is 7.46. The summed E-state index contributed by atoms with van der Waals surface area (Å²) in [5, 5.41) is 20.8. The number of aliphatic hydroxyl groups is 2. The molecule has 0 spiro atoms. The van der Waals surface area contributed by atoms with Gasteiger partial charge in [-0.05, 0) is 32.8 Å². The van der Waals surface area contributed by atoms with Crippen molar-refractivity contribution in [3.63, 3.8) is 0 Å². The summed E-state index contributed by atoms with van der Waals surface area (Å²) in [6.07, 6.45) is 4.03. The predicted octanol–water partition coefficient (Wildman–Crippen LogP) is 0.435. The highest BCUT2D eigenvalue weighted by atomic mass is 31.2. The van der Waals surface area contributed by atoms with Gasteiger partial charge < -0.3 is 20.7 Å². The lowest BCUT2D eigenvalue weighted by atomic mass is 10.1. The lowest BCUT2D eigenvalue weighted by molar-refractivity contribution is -0.0353. The maximum Gasteiger partial charge on any atom is 0.222 e. The van der Waals surface area contributed by atoms with E-state index in [9.17, 15) is 10.2 Å². The second kappa shape index (κ2) is 6.11. The molecule has 1 fully saturated rings. The Balaban J connectivity index is 1.89. The lowest BCUT2D eigenvalue weighted by Gasteiger charge is -2.18. The first-order valence-electron chi connectivity index (χ1n) is 7.83. The van der Waals surface area contributed by atoms with Crippen LogP contribution in [0.25, 0.3) is 11.2 Å². The van der Waals surface area contributed by atoms with Crippen LogP contribution in [-0.2, 0) is 4.74 Å². The largest absolute Gasteiger partial charge is 0.388 e. The van der Waals surface area contributed by atoms with Crippen molar-refractivity contribution in [1.82, 2.24) is 19.5 Å². The van der Waals surface area contributed by atoms with Crippen LogP contribution in [0.2, 0.25) is 0 Å². The maximum absolute atomic E-state index is 10.4.